The van der Waals surface area contributed by atoms with Gasteiger partial charge in [-0.25, -0.2) is 8.42 Å². The van der Waals surface area contributed by atoms with Crippen molar-refractivity contribution in [1.29, 1.82) is 0 Å². The van der Waals surface area contributed by atoms with E-state index in [1.807, 2.05) is 0 Å². The number of likely N-dealkylation sites (N-methyl/N-ethyl adjacent to an activating group) is 1. The Morgan fingerprint density at radius 1 is 1.11 bits per heavy atom. The lowest BCUT2D eigenvalue weighted by Crippen LogP contribution is -2.44. The Bertz CT molecular complexity index is 1320. The number of ether oxygens (including phenoxy) is 1. The van der Waals surface area contributed by atoms with Gasteiger partial charge in [0.25, 0.3) is 11.8 Å². The number of hydrazine groups is 1. The van der Waals surface area contributed by atoms with E-state index in [1.165, 1.54) is 46.8 Å². The zero-order valence-electron chi connectivity index (χ0n) is 21.2. The molecule has 37 heavy (non-hydrogen) atoms. The van der Waals surface area contributed by atoms with Gasteiger partial charge in [-0.1, -0.05) is 6.92 Å². The van der Waals surface area contributed by atoms with Gasteiger partial charge in [0.05, 0.1) is 22.6 Å². The van der Waals surface area contributed by atoms with Crippen LogP contribution in [0.1, 0.15) is 58.9 Å². The quantitative estimate of drug-likeness (QED) is 0.468. The number of carbonyl (C=O) groups excluding carboxylic acids is 3. The molecule has 13 heteroatoms. The Labute approximate surface area is 220 Å². The zero-order valence-corrected chi connectivity index (χ0v) is 22.8. The van der Waals surface area contributed by atoms with Crippen LogP contribution in [-0.2, 0) is 32.5 Å². The second-order valence-corrected chi connectivity index (χ2v) is 12.6. The van der Waals surface area contributed by atoms with Crippen molar-refractivity contribution in [3.8, 4) is 0 Å². The van der Waals surface area contributed by atoms with Crippen LogP contribution in [0.5, 0.6) is 0 Å². The summed E-state index contributed by atoms with van der Waals surface area (Å²) < 4.78 is 32.8. The maximum absolute atomic E-state index is 13.1. The number of carbonyl (C=O) groups is 3. The summed E-state index contributed by atoms with van der Waals surface area (Å²) in [6.07, 6.45) is 0.640. The number of thiophene rings is 1. The third kappa shape index (κ3) is 5.55. The molecule has 2 aliphatic heterocycles. The number of hydrogen-bond acceptors (Lipinski definition) is 8. The summed E-state index contributed by atoms with van der Waals surface area (Å²) in [5, 5.41) is 3.20. The second kappa shape index (κ2) is 10.5. The molecule has 11 nitrogen and oxygen atoms in total. The molecule has 0 bridgehead atoms. The standard InChI is InChI=1S/C24H31N5O6S2/c1-5-28-11-10-18-19(12-28)36-23(20(18)22(32)27-26-15(2)30)25-21(31)16-6-8-17(9-7-16)37(33,34)29-14-35-13-24(29,3)4/h6-9H,5,10-14H2,1-4H3,(H,25,31)(H,26,30)(H,27,32). The summed E-state index contributed by atoms with van der Waals surface area (Å²) in [5.74, 6) is -1.41. The largest absolute Gasteiger partial charge is 0.363 e. The molecule has 200 valence electrons. The van der Waals surface area contributed by atoms with E-state index in [1.54, 1.807) is 13.8 Å². The van der Waals surface area contributed by atoms with Gasteiger partial charge in [-0.3, -0.25) is 30.1 Å². The number of nitrogens with zero attached hydrogens (tertiary/aromatic N) is 2. The van der Waals surface area contributed by atoms with Crippen molar-refractivity contribution in [2.75, 3.05) is 31.7 Å². The average molecular weight is 550 g/mol. The summed E-state index contributed by atoms with van der Waals surface area (Å²) in [4.78, 5) is 40.6. The molecule has 2 aromatic rings. The minimum atomic E-state index is -3.80. The topological polar surface area (TPSA) is 137 Å². The number of benzene rings is 1. The fraction of sp³-hybridized carbons (Fsp3) is 0.458. The average Bonchev–Trinajstić information content (AvgIpc) is 3.40. The van der Waals surface area contributed by atoms with Gasteiger partial charge < -0.3 is 10.1 Å². The molecule has 0 saturated carbocycles. The lowest BCUT2D eigenvalue weighted by Gasteiger charge is -2.28. The third-order valence-electron chi connectivity index (χ3n) is 6.43. The number of hydrogen-bond donors (Lipinski definition) is 3. The maximum Gasteiger partial charge on any atom is 0.272 e. The second-order valence-electron chi connectivity index (χ2n) is 9.58. The van der Waals surface area contributed by atoms with Crippen molar-refractivity contribution >= 4 is 44.1 Å². The van der Waals surface area contributed by atoms with Crippen molar-refractivity contribution in [3.05, 3.63) is 45.8 Å². The van der Waals surface area contributed by atoms with Crippen LogP contribution in [0.15, 0.2) is 29.2 Å². The first kappa shape index (κ1) is 27.2. The number of amides is 3. The monoisotopic (exact) mass is 549 g/mol. The molecular weight excluding hydrogens is 518 g/mol. The third-order valence-corrected chi connectivity index (χ3v) is 9.61. The smallest absolute Gasteiger partial charge is 0.272 e. The summed E-state index contributed by atoms with van der Waals surface area (Å²) >= 11 is 1.33. The predicted octanol–water partition coefficient (Wildman–Crippen LogP) is 1.92. The Morgan fingerprint density at radius 3 is 2.41 bits per heavy atom. The Hall–Kier alpha value is -2.84. The molecule has 0 atom stereocenters. The zero-order chi connectivity index (χ0) is 27.0. The molecule has 1 aromatic carbocycles. The Kier molecular flexibility index (Phi) is 7.72. The van der Waals surface area contributed by atoms with Crippen molar-refractivity contribution < 1.29 is 27.5 Å². The Morgan fingerprint density at radius 2 is 1.81 bits per heavy atom. The number of rotatable bonds is 6. The van der Waals surface area contributed by atoms with Crippen molar-refractivity contribution in [2.24, 2.45) is 0 Å². The first-order valence-corrected chi connectivity index (χ1v) is 14.2. The predicted molar refractivity (Wildman–Crippen MR) is 139 cm³/mol. The SMILES string of the molecule is CCN1CCc2c(sc(NC(=O)c3ccc(S(=O)(=O)N4COCC4(C)C)cc3)c2C(=O)NNC(C)=O)C1. The van der Waals surface area contributed by atoms with Gasteiger partial charge in [0.1, 0.15) is 11.7 Å². The molecular formula is C24H31N5O6S2. The minimum absolute atomic E-state index is 0.0284. The number of sulfonamides is 1. The van der Waals surface area contributed by atoms with Gasteiger partial charge in [0, 0.05) is 30.5 Å². The first-order valence-electron chi connectivity index (χ1n) is 11.9. The summed E-state index contributed by atoms with van der Waals surface area (Å²) in [5.41, 5.74) is 5.44. The van der Waals surface area contributed by atoms with Gasteiger partial charge in [0.2, 0.25) is 15.9 Å². The minimum Gasteiger partial charge on any atom is -0.363 e. The van der Waals surface area contributed by atoms with Gasteiger partial charge >= 0.3 is 0 Å². The van der Waals surface area contributed by atoms with E-state index in [4.69, 9.17) is 4.74 Å². The molecule has 1 aromatic heterocycles. The summed E-state index contributed by atoms with van der Waals surface area (Å²) in [7, 11) is -3.80. The molecule has 3 N–H and O–H groups in total. The van der Waals surface area contributed by atoms with E-state index in [9.17, 15) is 22.8 Å². The number of nitrogens with one attached hydrogen (secondary N) is 3. The van der Waals surface area contributed by atoms with Crippen LogP contribution in [0.4, 0.5) is 5.00 Å². The Balaban J connectivity index is 1.57. The lowest BCUT2D eigenvalue weighted by molar-refractivity contribution is -0.119. The van der Waals surface area contributed by atoms with Gasteiger partial charge in [-0.2, -0.15) is 4.31 Å². The lowest BCUT2D eigenvalue weighted by atomic mass is 10.0. The van der Waals surface area contributed by atoms with E-state index in [2.05, 4.69) is 28.0 Å². The van der Waals surface area contributed by atoms with E-state index in [0.717, 1.165) is 23.5 Å². The van der Waals surface area contributed by atoms with Crippen LogP contribution in [0, 0.1) is 0 Å². The van der Waals surface area contributed by atoms with Gasteiger partial charge in [0.15, 0.2) is 0 Å². The molecule has 1 fully saturated rings. The highest BCUT2D eigenvalue weighted by Crippen LogP contribution is 2.37. The molecule has 0 spiro atoms. The molecule has 0 radical (unpaired) electrons. The molecule has 1 saturated heterocycles. The number of fused-ring (bicyclic) bond motifs is 1. The summed E-state index contributed by atoms with van der Waals surface area (Å²) in [6, 6.07) is 5.66. The highest BCUT2D eigenvalue weighted by atomic mass is 32.2. The van der Waals surface area contributed by atoms with E-state index in [0.29, 0.717) is 30.1 Å². The first-order chi connectivity index (χ1) is 17.4. The molecule has 3 heterocycles. The molecule has 3 amide bonds. The fourth-order valence-corrected chi connectivity index (χ4v) is 7.30. The highest BCUT2D eigenvalue weighted by Gasteiger charge is 2.42. The van der Waals surface area contributed by atoms with E-state index in [-0.39, 0.29) is 17.2 Å². The molecule has 4 rings (SSSR count). The normalized spacial score (nSPS) is 17.7. The molecule has 2 aliphatic rings. The van der Waals surface area contributed by atoms with Crippen LogP contribution < -0.4 is 16.2 Å². The number of anilines is 1. The van der Waals surface area contributed by atoms with Crippen LogP contribution in [0.2, 0.25) is 0 Å². The van der Waals surface area contributed by atoms with Crippen molar-refractivity contribution in [1.82, 2.24) is 20.1 Å². The van der Waals surface area contributed by atoms with Crippen LogP contribution >= 0.6 is 11.3 Å². The van der Waals surface area contributed by atoms with Crippen molar-refractivity contribution in [3.63, 3.8) is 0 Å². The van der Waals surface area contributed by atoms with Crippen LogP contribution in [0.25, 0.3) is 0 Å². The van der Waals surface area contributed by atoms with Gasteiger partial charge in [-0.05, 0) is 56.6 Å². The fourth-order valence-electron chi connectivity index (χ4n) is 4.36. The van der Waals surface area contributed by atoms with Gasteiger partial charge in [-0.15, -0.1) is 11.3 Å². The van der Waals surface area contributed by atoms with E-state index >= 15 is 0 Å². The van der Waals surface area contributed by atoms with E-state index < -0.39 is 33.3 Å². The highest BCUT2D eigenvalue weighted by molar-refractivity contribution is 7.89. The summed E-state index contributed by atoms with van der Waals surface area (Å²) in [6.45, 7) is 9.50. The van der Waals surface area contributed by atoms with Crippen LogP contribution in [-0.4, -0.2) is 67.3 Å². The molecule has 0 aliphatic carbocycles. The maximum atomic E-state index is 13.1. The molecule has 0 unspecified atom stereocenters. The van der Waals surface area contributed by atoms with Crippen LogP contribution in [0.3, 0.4) is 0 Å². The van der Waals surface area contributed by atoms with Crippen molar-refractivity contribution in [2.45, 2.75) is 51.1 Å².